The summed E-state index contributed by atoms with van der Waals surface area (Å²) in [6.45, 7) is 7.18. The van der Waals surface area contributed by atoms with Gasteiger partial charge in [0.25, 0.3) is 0 Å². The van der Waals surface area contributed by atoms with Crippen LogP contribution in [0.25, 0.3) is 5.65 Å². The van der Waals surface area contributed by atoms with Crippen LogP contribution in [-0.4, -0.2) is 20.6 Å². The van der Waals surface area contributed by atoms with Crippen LogP contribution in [-0.2, 0) is 6.54 Å². The summed E-state index contributed by atoms with van der Waals surface area (Å²) in [5.74, 6) is 0. The zero-order valence-corrected chi connectivity index (χ0v) is 10.1. The van der Waals surface area contributed by atoms with E-state index in [1.165, 1.54) is 0 Å². The van der Waals surface area contributed by atoms with E-state index in [0.29, 0.717) is 6.04 Å². The van der Waals surface area contributed by atoms with Gasteiger partial charge in [0, 0.05) is 36.6 Å². The number of fused-ring (bicyclic) bond motifs is 1. The van der Waals surface area contributed by atoms with Gasteiger partial charge in [-0.15, -0.1) is 0 Å². The maximum absolute atomic E-state index is 4.37. The number of nitrogens with zero attached hydrogens (tertiary/aromatic N) is 3. The van der Waals surface area contributed by atoms with Gasteiger partial charge < -0.3 is 5.32 Å². The van der Waals surface area contributed by atoms with Gasteiger partial charge in [-0.3, -0.25) is 0 Å². The molecule has 0 amide bonds. The molecular formula is C12H18N4. The fourth-order valence-corrected chi connectivity index (χ4v) is 1.56. The second-order valence-corrected chi connectivity index (χ2v) is 4.24. The molecule has 0 bridgehead atoms. The summed E-state index contributed by atoms with van der Waals surface area (Å²) in [5, 5.41) is 7.79. The molecule has 0 aliphatic heterocycles. The van der Waals surface area contributed by atoms with Gasteiger partial charge in [0.15, 0.2) is 5.65 Å². The first-order valence-electron chi connectivity index (χ1n) is 5.73. The Morgan fingerprint density at radius 1 is 1.50 bits per heavy atom. The van der Waals surface area contributed by atoms with Crippen molar-refractivity contribution in [1.29, 1.82) is 0 Å². The molecule has 1 N–H and O–H groups in total. The third-order valence-corrected chi connectivity index (χ3v) is 2.76. The Morgan fingerprint density at radius 3 is 3.06 bits per heavy atom. The molecule has 0 saturated carbocycles. The molecule has 86 valence electrons. The molecule has 0 aliphatic rings. The molecule has 1 unspecified atom stereocenters. The molecular weight excluding hydrogens is 200 g/mol. The van der Waals surface area contributed by atoms with Crippen molar-refractivity contribution in [2.24, 2.45) is 0 Å². The van der Waals surface area contributed by atoms with Gasteiger partial charge in [-0.2, -0.15) is 5.10 Å². The standard InChI is InChI=1S/C12H18N4/c1-4-9(2)13-6-11-7-14-12-5-10(3)15-16(12)8-11/h5,7-9,13H,4,6H2,1-3H3. The van der Waals surface area contributed by atoms with E-state index in [1.54, 1.807) is 0 Å². The molecule has 4 heteroatoms. The molecule has 0 aromatic carbocycles. The van der Waals surface area contributed by atoms with Gasteiger partial charge >= 0.3 is 0 Å². The molecule has 0 spiro atoms. The third kappa shape index (κ3) is 2.39. The van der Waals surface area contributed by atoms with E-state index < -0.39 is 0 Å². The lowest BCUT2D eigenvalue weighted by atomic mass is 10.2. The molecule has 0 radical (unpaired) electrons. The lowest BCUT2D eigenvalue weighted by Gasteiger charge is -2.10. The van der Waals surface area contributed by atoms with Crippen molar-refractivity contribution < 1.29 is 0 Å². The minimum atomic E-state index is 0.537. The van der Waals surface area contributed by atoms with E-state index in [-0.39, 0.29) is 0 Å². The van der Waals surface area contributed by atoms with E-state index >= 15 is 0 Å². The van der Waals surface area contributed by atoms with Crippen molar-refractivity contribution in [3.63, 3.8) is 0 Å². The summed E-state index contributed by atoms with van der Waals surface area (Å²) >= 11 is 0. The molecule has 0 aliphatic carbocycles. The number of aryl methyl sites for hydroxylation is 1. The van der Waals surface area contributed by atoms with Crippen LogP contribution < -0.4 is 5.32 Å². The van der Waals surface area contributed by atoms with Gasteiger partial charge in [0.2, 0.25) is 0 Å². The van der Waals surface area contributed by atoms with Crippen LogP contribution in [0.3, 0.4) is 0 Å². The summed E-state index contributed by atoms with van der Waals surface area (Å²) in [5.41, 5.74) is 3.07. The minimum Gasteiger partial charge on any atom is -0.310 e. The highest BCUT2D eigenvalue weighted by atomic mass is 15.2. The molecule has 0 fully saturated rings. The highest BCUT2D eigenvalue weighted by molar-refractivity contribution is 5.38. The van der Waals surface area contributed by atoms with Gasteiger partial charge in [-0.25, -0.2) is 9.50 Å². The van der Waals surface area contributed by atoms with Crippen molar-refractivity contribution in [3.8, 4) is 0 Å². The third-order valence-electron chi connectivity index (χ3n) is 2.76. The Labute approximate surface area is 95.7 Å². The van der Waals surface area contributed by atoms with E-state index in [4.69, 9.17) is 0 Å². The summed E-state index contributed by atoms with van der Waals surface area (Å²) in [4.78, 5) is 4.37. The second kappa shape index (κ2) is 4.61. The Kier molecular flexibility index (Phi) is 3.19. The summed E-state index contributed by atoms with van der Waals surface area (Å²) in [6.07, 6.45) is 5.08. The molecule has 2 aromatic heterocycles. The van der Waals surface area contributed by atoms with Crippen molar-refractivity contribution in [3.05, 3.63) is 29.7 Å². The fraction of sp³-hybridized carbons (Fsp3) is 0.500. The van der Waals surface area contributed by atoms with Gasteiger partial charge in [0.05, 0.1) is 5.69 Å². The maximum atomic E-state index is 4.37. The van der Waals surface area contributed by atoms with Gasteiger partial charge in [-0.05, 0) is 20.3 Å². The molecule has 2 heterocycles. The molecule has 16 heavy (non-hydrogen) atoms. The number of nitrogens with one attached hydrogen (secondary N) is 1. The zero-order valence-electron chi connectivity index (χ0n) is 10.1. The van der Waals surface area contributed by atoms with E-state index in [2.05, 4.69) is 29.2 Å². The predicted molar refractivity (Wildman–Crippen MR) is 64.3 cm³/mol. The van der Waals surface area contributed by atoms with Crippen LogP contribution in [0.4, 0.5) is 0 Å². The monoisotopic (exact) mass is 218 g/mol. The fourth-order valence-electron chi connectivity index (χ4n) is 1.56. The van der Waals surface area contributed by atoms with E-state index in [9.17, 15) is 0 Å². The van der Waals surface area contributed by atoms with Crippen molar-refractivity contribution >= 4 is 5.65 Å². The lowest BCUT2D eigenvalue weighted by Crippen LogP contribution is -2.24. The van der Waals surface area contributed by atoms with Crippen LogP contribution in [0, 0.1) is 6.92 Å². The quantitative estimate of drug-likeness (QED) is 0.852. The highest BCUT2D eigenvalue weighted by Gasteiger charge is 2.02. The van der Waals surface area contributed by atoms with Crippen LogP contribution >= 0.6 is 0 Å². The summed E-state index contributed by atoms with van der Waals surface area (Å²) in [7, 11) is 0. The largest absolute Gasteiger partial charge is 0.310 e. The first-order chi connectivity index (χ1) is 7.69. The van der Waals surface area contributed by atoms with Crippen LogP contribution in [0.5, 0.6) is 0 Å². The maximum Gasteiger partial charge on any atom is 0.155 e. The Balaban J connectivity index is 2.13. The summed E-state index contributed by atoms with van der Waals surface area (Å²) < 4.78 is 1.84. The normalized spacial score (nSPS) is 13.2. The van der Waals surface area contributed by atoms with Crippen molar-refractivity contribution in [1.82, 2.24) is 19.9 Å². The molecule has 4 nitrogen and oxygen atoms in total. The minimum absolute atomic E-state index is 0.537. The van der Waals surface area contributed by atoms with Gasteiger partial charge in [0.1, 0.15) is 0 Å². The molecule has 2 aromatic rings. The average molecular weight is 218 g/mol. The van der Waals surface area contributed by atoms with Crippen LogP contribution in [0.2, 0.25) is 0 Å². The zero-order chi connectivity index (χ0) is 11.5. The Morgan fingerprint density at radius 2 is 2.31 bits per heavy atom. The van der Waals surface area contributed by atoms with Crippen molar-refractivity contribution in [2.75, 3.05) is 0 Å². The average Bonchev–Trinajstić information content (AvgIpc) is 2.65. The predicted octanol–water partition coefficient (Wildman–Crippen LogP) is 1.93. The summed E-state index contributed by atoms with van der Waals surface area (Å²) in [6, 6.07) is 2.52. The van der Waals surface area contributed by atoms with Crippen LogP contribution in [0.1, 0.15) is 31.5 Å². The number of hydrogen-bond donors (Lipinski definition) is 1. The Bertz CT molecular complexity index is 475. The molecule has 1 atom stereocenters. The number of rotatable bonds is 4. The van der Waals surface area contributed by atoms with Gasteiger partial charge in [-0.1, -0.05) is 6.92 Å². The van der Waals surface area contributed by atoms with Crippen LogP contribution in [0.15, 0.2) is 18.5 Å². The van der Waals surface area contributed by atoms with E-state index in [0.717, 1.165) is 29.9 Å². The Hall–Kier alpha value is -1.42. The molecule has 2 rings (SSSR count). The highest BCUT2D eigenvalue weighted by Crippen LogP contribution is 2.05. The first kappa shape index (κ1) is 11.1. The lowest BCUT2D eigenvalue weighted by molar-refractivity contribution is 0.532. The number of aromatic nitrogens is 3. The topological polar surface area (TPSA) is 42.2 Å². The second-order valence-electron chi connectivity index (χ2n) is 4.24. The molecule has 0 saturated heterocycles. The van der Waals surface area contributed by atoms with E-state index in [1.807, 2.05) is 29.9 Å². The smallest absolute Gasteiger partial charge is 0.155 e. The first-order valence-corrected chi connectivity index (χ1v) is 5.73. The SMILES string of the molecule is CCC(C)NCc1cnc2cc(C)nn2c1. The van der Waals surface area contributed by atoms with Crippen molar-refractivity contribution in [2.45, 2.75) is 39.8 Å². The number of hydrogen-bond acceptors (Lipinski definition) is 3.